The van der Waals surface area contributed by atoms with Gasteiger partial charge < -0.3 is 20.8 Å². The van der Waals surface area contributed by atoms with E-state index in [0.717, 1.165) is 31.5 Å². The molecular formula is C20H26N6O2. The fraction of sp³-hybridized carbons (Fsp3) is 0.400. The van der Waals surface area contributed by atoms with Gasteiger partial charge in [-0.05, 0) is 37.1 Å². The zero-order chi connectivity index (χ0) is 19.8. The molecule has 8 nitrogen and oxygen atoms in total. The molecule has 0 unspecified atom stereocenters. The molecule has 3 rings (SSSR count). The maximum absolute atomic E-state index is 11.5. The SMILES string of the molecule is N=C(C/C=C/OCCCN1CCCC1=O)c1cc(C2=NCC=NN2)ccc1N. The van der Waals surface area contributed by atoms with Crippen LogP contribution < -0.4 is 11.2 Å². The number of likely N-dealkylation sites (tertiary alicyclic amines) is 1. The van der Waals surface area contributed by atoms with E-state index < -0.39 is 0 Å². The summed E-state index contributed by atoms with van der Waals surface area (Å²) in [4.78, 5) is 17.8. The average Bonchev–Trinajstić information content (AvgIpc) is 3.13. The lowest BCUT2D eigenvalue weighted by atomic mass is 10.0. The third kappa shape index (κ3) is 5.18. The van der Waals surface area contributed by atoms with Gasteiger partial charge in [-0.1, -0.05) is 0 Å². The number of hydrogen-bond acceptors (Lipinski definition) is 7. The highest BCUT2D eigenvalue weighted by molar-refractivity contribution is 6.07. The Balaban J connectivity index is 1.44. The predicted octanol–water partition coefficient (Wildman–Crippen LogP) is 1.91. The van der Waals surface area contributed by atoms with Crippen molar-refractivity contribution in [3.8, 4) is 0 Å². The van der Waals surface area contributed by atoms with Gasteiger partial charge in [-0.2, -0.15) is 5.10 Å². The Kier molecular flexibility index (Phi) is 6.78. The zero-order valence-corrected chi connectivity index (χ0v) is 15.9. The Morgan fingerprint density at radius 3 is 3.07 bits per heavy atom. The lowest BCUT2D eigenvalue weighted by Gasteiger charge is -2.14. The van der Waals surface area contributed by atoms with Crippen LogP contribution in [0.4, 0.5) is 5.69 Å². The van der Waals surface area contributed by atoms with Crippen LogP contribution in [0.2, 0.25) is 0 Å². The Bertz CT molecular complexity index is 815. The summed E-state index contributed by atoms with van der Waals surface area (Å²) in [5.41, 5.74) is 11.4. The minimum atomic E-state index is 0.241. The summed E-state index contributed by atoms with van der Waals surface area (Å²) in [6.45, 7) is 2.69. The standard InChI is InChI=1S/C20H26N6O2/c21-17(4-2-12-28-13-3-11-26-10-1-5-19(26)27)16-14-15(6-7-18(16)22)20-23-8-9-24-25-20/h2,6-7,9,12,14,21H,1,3-5,8,10-11,13,22H2,(H,23,25)/b12-2+,21-17?. The predicted molar refractivity (Wildman–Crippen MR) is 111 cm³/mol. The van der Waals surface area contributed by atoms with E-state index in [9.17, 15) is 4.79 Å². The first-order valence-electron chi connectivity index (χ1n) is 9.49. The van der Waals surface area contributed by atoms with E-state index in [1.807, 2.05) is 17.0 Å². The summed E-state index contributed by atoms with van der Waals surface area (Å²) in [6, 6.07) is 5.50. The van der Waals surface area contributed by atoms with Crippen LogP contribution in [0.3, 0.4) is 0 Å². The van der Waals surface area contributed by atoms with Crippen molar-refractivity contribution in [1.82, 2.24) is 10.3 Å². The molecule has 0 bridgehead atoms. The van der Waals surface area contributed by atoms with Gasteiger partial charge in [-0.15, -0.1) is 0 Å². The van der Waals surface area contributed by atoms with Crippen molar-refractivity contribution >= 4 is 29.4 Å². The molecule has 0 spiro atoms. The number of nitrogens with two attached hydrogens (primary N) is 1. The van der Waals surface area contributed by atoms with Crippen molar-refractivity contribution < 1.29 is 9.53 Å². The lowest BCUT2D eigenvalue weighted by Crippen LogP contribution is -2.26. The molecule has 0 atom stereocenters. The Hall–Kier alpha value is -3.16. The third-order valence-corrected chi connectivity index (χ3v) is 4.62. The monoisotopic (exact) mass is 382 g/mol. The van der Waals surface area contributed by atoms with Crippen LogP contribution in [0, 0.1) is 5.41 Å². The number of rotatable bonds is 9. The molecule has 0 aromatic heterocycles. The molecule has 0 radical (unpaired) electrons. The summed E-state index contributed by atoms with van der Waals surface area (Å²) in [6.07, 6.45) is 7.96. The summed E-state index contributed by atoms with van der Waals surface area (Å²) >= 11 is 0. The average molecular weight is 382 g/mol. The van der Waals surface area contributed by atoms with Crippen LogP contribution in [0.25, 0.3) is 0 Å². The largest absolute Gasteiger partial charge is 0.501 e. The molecule has 1 amide bonds. The number of nitrogen functional groups attached to an aromatic ring is 1. The van der Waals surface area contributed by atoms with Crippen LogP contribution in [0.15, 0.2) is 40.6 Å². The number of amides is 1. The van der Waals surface area contributed by atoms with Crippen molar-refractivity contribution in [2.75, 3.05) is 32.0 Å². The van der Waals surface area contributed by atoms with Gasteiger partial charge in [0.15, 0.2) is 0 Å². The number of nitrogens with zero attached hydrogens (tertiary/aromatic N) is 3. The second-order valence-corrected chi connectivity index (χ2v) is 6.68. The van der Waals surface area contributed by atoms with Gasteiger partial charge in [0, 0.05) is 54.7 Å². The number of carbonyl (C=O) groups is 1. The molecule has 1 aromatic rings. The van der Waals surface area contributed by atoms with Gasteiger partial charge in [0.1, 0.15) is 5.84 Å². The first-order chi connectivity index (χ1) is 13.6. The Morgan fingerprint density at radius 1 is 1.43 bits per heavy atom. The number of hydrogen-bond donors (Lipinski definition) is 3. The minimum Gasteiger partial charge on any atom is -0.501 e. The van der Waals surface area contributed by atoms with Crippen LogP contribution in [-0.2, 0) is 9.53 Å². The molecule has 28 heavy (non-hydrogen) atoms. The maximum atomic E-state index is 11.5. The second kappa shape index (κ2) is 9.68. The molecule has 2 heterocycles. The smallest absolute Gasteiger partial charge is 0.222 e. The number of aliphatic imine (C=N–C) groups is 1. The van der Waals surface area contributed by atoms with Crippen molar-refractivity contribution in [3.63, 3.8) is 0 Å². The molecule has 148 valence electrons. The molecule has 1 fully saturated rings. The van der Waals surface area contributed by atoms with E-state index in [4.69, 9.17) is 15.9 Å². The topological polar surface area (TPSA) is 116 Å². The zero-order valence-electron chi connectivity index (χ0n) is 15.9. The molecule has 1 aromatic carbocycles. The fourth-order valence-corrected chi connectivity index (χ4v) is 3.13. The van der Waals surface area contributed by atoms with Crippen molar-refractivity contribution in [1.29, 1.82) is 5.41 Å². The minimum absolute atomic E-state index is 0.241. The van der Waals surface area contributed by atoms with Gasteiger partial charge >= 0.3 is 0 Å². The molecular weight excluding hydrogens is 356 g/mol. The van der Waals surface area contributed by atoms with Gasteiger partial charge in [0.2, 0.25) is 5.91 Å². The van der Waals surface area contributed by atoms with Crippen molar-refractivity contribution in [3.05, 3.63) is 41.7 Å². The van der Waals surface area contributed by atoms with Crippen molar-refractivity contribution in [2.45, 2.75) is 25.7 Å². The summed E-state index contributed by atoms with van der Waals surface area (Å²) in [7, 11) is 0. The number of ether oxygens (including phenoxy) is 1. The fourth-order valence-electron chi connectivity index (χ4n) is 3.13. The van der Waals surface area contributed by atoms with E-state index in [2.05, 4.69) is 15.5 Å². The number of amidine groups is 1. The van der Waals surface area contributed by atoms with E-state index in [0.29, 0.717) is 48.8 Å². The highest BCUT2D eigenvalue weighted by Crippen LogP contribution is 2.17. The van der Waals surface area contributed by atoms with Crippen LogP contribution in [-0.4, -0.2) is 54.8 Å². The number of nitrogens with one attached hydrogen (secondary N) is 2. The van der Waals surface area contributed by atoms with E-state index in [1.54, 1.807) is 24.6 Å². The van der Waals surface area contributed by atoms with Crippen molar-refractivity contribution in [2.24, 2.45) is 10.1 Å². The van der Waals surface area contributed by atoms with E-state index >= 15 is 0 Å². The van der Waals surface area contributed by atoms with E-state index in [-0.39, 0.29) is 5.91 Å². The number of carbonyl (C=O) groups excluding carboxylic acids is 1. The van der Waals surface area contributed by atoms with Crippen LogP contribution in [0.1, 0.15) is 36.8 Å². The number of hydrazone groups is 1. The Labute approximate surface area is 164 Å². The second-order valence-electron chi connectivity index (χ2n) is 6.68. The highest BCUT2D eigenvalue weighted by Gasteiger charge is 2.18. The van der Waals surface area contributed by atoms with Gasteiger partial charge in [-0.25, -0.2) is 0 Å². The highest BCUT2D eigenvalue weighted by atomic mass is 16.5. The van der Waals surface area contributed by atoms with Crippen LogP contribution >= 0.6 is 0 Å². The summed E-state index contributed by atoms with van der Waals surface area (Å²) in [5.74, 6) is 0.914. The molecule has 0 aliphatic carbocycles. The normalized spacial score (nSPS) is 16.4. The molecule has 1 saturated heterocycles. The van der Waals surface area contributed by atoms with E-state index in [1.165, 1.54) is 0 Å². The van der Waals surface area contributed by atoms with Crippen LogP contribution in [0.5, 0.6) is 0 Å². The lowest BCUT2D eigenvalue weighted by molar-refractivity contribution is -0.127. The van der Waals surface area contributed by atoms with Gasteiger partial charge in [-0.3, -0.25) is 15.2 Å². The Morgan fingerprint density at radius 2 is 2.32 bits per heavy atom. The third-order valence-electron chi connectivity index (χ3n) is 4.62. The number of benzene rings is 1. The maximum Gasteiger partial charge on any atom is 0.222 e. The quantitative estimate of drug-likeness (QED) is 0.262. The van der Waals surface area contributed by atoms with Gasteiger partial charge in [0.25, 0.3) is 0 Å². The van der Waals surface area contributed by atoms with Gasteiger partial charge in [0.05, 0.1) is 19.4 Å². The number of anilines is 1. The summed E-state index contributed by atoms with van der Waals surface area (Å²) < 4.78 is 5.47. The first-order valence-corrected chi connectivity index (χ1v) is 9.49. The molecule has 0 saturated carbocycles. The molecule has 2 aliphatic heterocycles. The number of allylic oxidation sites excluding steroid dienone is 1. The molecule has 4 N–H and O–H groups in total. The molecule has 8 heteroatoms. The first kappa shape index (κ1) is 19.6. The summed E-state index contributed by atoms with van der Waals surface area (Å²) in [5, 5.41) is 12.3. The molecule has 2 aliphatic rings.